The molecule has 2 bridgehead atoms. The number of halogens is 2. The van der Waals surface area contributed by atoms with Crippen LogP contribution in [0.5, 0.6) is 0 Å². The third-order valence-corrected chi connectivity index (χ3v) is 1.76. The molecule has 0 heterocycles. The molecular weight excluding hydrogens is 350 g/mol. The maximum atomic E-state index is 4.88. The summed E-state index contributed by atoms with van der Waals surface area (Å²) in [5.74, 6) is 1.62. The number of hydrogen-bond acceptors (Lipinski definition) is 0. The van der Waals surface area contributed by atoms with Crippen LogP contribution in [-0.4, -0.2) is 0 Å². The number of fused-ring (bicyclic) bond motifs is 2. The summed E-state index contributed by atoms with van der Waals surface area (Å²) in [6, 6.07) is 0. The van der Waals surface area contributed by atoms with Gasteiger partial charge in [-0.25, -0.2) is 0 Å². The van der Waals surface area contributed by atoms with Crippen LogP contribution in [0.15, 0.2) is 24.3 Å². The van der Waals surface area contributed by atoms with E-state index in [-0.39, 0.29) is 0 Å². The molecule has 0 aliphatic heterocycles. The Kier molecular flexibility index (Phi) is 4.06. The van der Waals surface area contributed by atoms with Crippen LogP contribution in [0.25, 0.3) is 0 Å². The molecule has 0 saturated carbocycles. The van der Waals surface area contributed by atoms with Gasteiger partial charge in [-0.2, -0.15) is 0 Å². The summed E-state index contributed by atoms with van der Waals surface area (Å²) in [6.07, 6.45) is 10.5. The van der Waals surface area contributed by atoms with Crippen molar-refractivity contribution in [3.05, 3.63) is 24.3 Å². The van der Waals surface area contributed by atoms with Crippen LogP contribution in [0, 0.1) is 11.8 Å². The third-order valence-electron chi connectivity index (χ3n) is 1.76. The van der Waals surface area contributed by atoms with Crippen molar-refractivity contribution in [1.29, 1.82) is 0 Å². The van der Waals surface area contributed by atoms with Gasteiger partial charge in [0.2, 0.25) is 0 Å². The fourth-order valence-corrected chi connectivity index (χ4v) is 1.33. The van der Waals surface area contributed by atoms with Gasteiger partial charge in [0.25, 0.3) is 0 Å². The van der Waals surface area contributed by atoms with E-state index in [9.17, 15) is 0 Å². The Labute approximate surface area is 77.7 Å². The summed E-state index contributed by atoms with van der Waals surface area (Å²) in [5, 5.41) is 0. The minimum atomic E-state index is -0.472. The first-order chi connectivity index (χ1) is 4.86. The van der Waals surface area contributed by atoms with E-state index in [1.54, 1.807) is 0 Å². The zero-order chi connectivity index (χ0) is 7.40. The standard InChI is InChI=1S/C7H8.2ClH.Pt/c1-2-7-4-3-6(1)5-7;;;/h1-4,6-7H,5H2;2*1H;/q;;;+2/p-2. The van der Waals surface area contributed by atoms with Crippen LogP contribution in [0.4, 0.5) is 0 Å². The summed E-state index contributed by atoms with van der Waals surface area (Å²) in [6.45, 7) is 0. The molecule has 0 aromatic rings. The van der Waals surface area contributed by atoms with Gasteiger partial charge in [0.1, 0.15) is 0 Å². The second-order valence-corrected chi connectivity index (χ2v) is 5.66. The number of allylic oxidation sites excluding steroid dienone is 4. The molecule has 0 saturated heterocycles. The number of rotatable bonds is 0. The topological polar surface area (TPSA) is 0 Å². The van der Waals surface area contributed by atoms with Crippen molar-refractivity contribution in [2.75, 3.05) is 0 Å². The van der Waals surface area contributed by atoms with Crippen molar-refractivity contribution in [1.82, 2.24) is 0 Å². The van der Waals surface area contributed by atoms with Crippen LogP contribution >= 0.6 is 18.8 Å². The second kappa shape index (κ2) is 4.59. The predicted octanol–water partition coefficient (Wildman–Crippen LogP) is 3.13. The van der Waals surface area contributed by atoms with Crippen LogP contribution in [0.3, 0.4) is 0 Å². The SMILES string of the molecule is C1=CC2C=CC1C2.[Cl][Pt][Cl]. The van der Waals surface area contributed by atoms with Gasteiger partial charge in [-0.3, -0.25) is 0 Å². The van der Waals surface area contributed by atoms with Crippen LogP contribution < -0.4 is 0 Å². The summed E-state index contributed by atoms with van der Waals surface area (Å²) >= 11 is -0.472. The van der Waals surface area contributed by atoms with Crippen molar-refractivity contribution in [2.24, 2.45) is 11.8 Å². The van der Waals surface area contributed by atoms with Crippen molar-refractivity contribution in [3.63, 3.8) is 0 Å². The van der Waals surface area contributed by atoms with Crippen LogP contribution in [0.2, 0.25) is 0 Å². The number of hydrogen-bond donors (Lipinski definition) is 0. The van der Waals surface area contributed by atoms with E-state index in [1.807, 2.05) is 0 Å². The molecule has 60 valence electrons. The molecule has 3 heteroatoms. The van der Waals surface area contributed by atoms with Gasteiger partial charge in [0.15, 0.2) is 0 Å². The Morgan fingerprint density at radius 2 is 1.30 bits per heavy atom. The molecule has 2 rings (SSSR count). The first kappa shape index (κ1) is 8.84. The molecule has 0 amide bonds. The average molecular weight is 358 g/mol. The fourth-order valence-electron chi connectivity index (χ4n) is 1.33. The molecule has 0 aromatic carbocycles. The molecule has 2 aliphatic carbocycles. The van der Waals surface area contributed by atoms with E-state index in [0.29, 0.717) is 0 Å². The summed E-state index contributed by atoms with van der Waals surface area (Å²) in [4.78, 5) is 0. The van der Waals surface area contributed by atoms with E-state index < -0.39 is 16.5 Å². The molecule has 0 aromatic heterocycles. The summed E-state index contributed by atoms with van der Waals surface area (Å²) in [7, 11) is 9.75. The van der Waals surface area contributed by atoms with Gasteiger partial charge in [-0.15, -0.1) is 0 Å². The maximum absolute atomic E-state index is 4.88. The average Bonchev–Trinajstić information content (AvgIpc) is 2.49. The van der Waals surface area contributed by atoms with E-state index in [2.05, 4.69) is 24.3 Å². The zero-order valence-electron chi connectivity index (χ0n) is 5.24. The molecule has 0 nitrogen and oxygen atoms in total. The van der Waals surface area contributed by atoms with Crippen molar-refractivity contribution < 1.29 is 16.5 Å². The molecule has 0 fully saturated rings. The summed E-state index contributed by atoms with van der Waals surface area (Å²) < 4.78 is 0. The first-order valence-corrected chi connectivity index (χ1v) is 8.69. The second-order valence-electron chi connectivity index (χ2n) is 2.38. The van der Waals surface area contributed by atoms with E-state index in [1.165, 1.54) is 6.42 Å². The Balaban J connectivity index is 0.000000148. The monoisotopic (exact) mass is 357 g/mol. The molecule has 10 heavy (non-hydrogen) atoms. The van der Waals surface area contributed by atoms with Gasteiger partial charge in [-0.1, -0.05) is 24.3 Å². The van der Waals surface area contributed by atoms with Gasteiger partial charge in [-0.05, 0) is 18.3 Å². The van der Waals surface area contributed by atoms with Crippen LogP contribution in [-0.2, 0) is 16.5 Å². The van der Waals surface area contributed by atoms with Crippen molar-refractivity contribution >= 4 is 18.8 Å². The van der Waals surface area contributed by atoms with E-state index in [0.717, 1.165) is 11.8 Å². The summed E-state index contributed by atoms with van der Waals surface area (Å²) in [5.41, 5.74) is 0. The quantitative estimate of drug-likeness (QED) is 0.584. The van der Waals surface area contributed by atoms with Crippen LogP contribution in [0.1, 0.15) is 6.42 Å². The molecule has 0 unspecified atom stereocenters. The predicted molar refractivity (Wildman–Crippen MR) is 41.6 cm³/mol. The van der Waals surface area contributed by atoms with Gasteiger partial charge >= 0.3 is 35.3 Å². The van der Waals surface area contributed by atoms with Gasteiger partial charge in [0, 0.05) is 0 Å². The zero-order valence-corrected chi connectivity index (χ0v) is 9.03. The van der Waals surface area contributed by atoms with E-state index in [4.69, 9.17) is 18.8 Å². The minimum absolute atomic E-state index is 0.472. The molecule has 0 N–H and O–H groups in total. The Morgan fingerprint density at radius 3 is 1.40 bits per heavy atom. The molecular formula is C7H8Cl2Pt. The Morgan fingerprint density at radius 1 is 1.00 bits per heavy atom. The molecule has 0 atom stereocenters. The first-order valence-electron chi connectivity index (χ1n) is 3.06. The Hall–Kier alpha value is 0.748. The third kappa shape index (κ3) is 2.41. The van der Waals surface area contributed by atoms with Crippen molar-refractivity contribution in [3.8, 4) is 0 Å². The van der Waals surface area contributed by atoms with Gasteiger partial charge < -0.3 is 0 Å². The fraction of sp³-hybridized carbons (Fsp3) is 0.429. The molecule has 2 aliphatic rings. The van der Waals surface area contributed by atoms with Crippen molar-refractivity contribution in [2.45, 2.75) is 6.42 Å². The van der Waals surface area contributed by atoms with E-state index >= 15 is 0 Å². The Bertz CT molecular complexity index is 126. The molecule has 0 spiro atoms. The van der Waals surface area contributed by atoms with Gasteiger partial charge in [0.05, 0.1) is 0 Å². The normalized spacial score (nSPS) is 32.6. The molecule has 0 radical (unpaired) electrons.